The molecule has 0 saturated heterocycles. The van der Waals surface area contributed by atoms with Gasteiger partial charge in [-0.05, 0) is 32.1 Å². The minimum atomic E-state index is -1.10. The maximum atomic E-state index is 12.3. The maximum absolute atomic E-state index is 12.3. The molecule has 0 aromatic rings. The number of carbonyl (C=O) groups excluding carboxylic acids is 1. The van der Waals surface area contributed by atoms with Crippen molar-refractivity contribution in [3.63, 3.8) is 0 Å². The van der Waals surface area contributed by atoms with Crippen LogP contribution in [0.4, 0.5) is 0 Å². The number of rotatable bonds is 33. The van der Waals surface area contributed by atoms with Crippen LogP contribution < -0.4 is 5.32 Å². The van der Waals surface area contributed by atoms with E-state index in [-0.39, 0.29) is 6.61 Å². The Labute approximate surface area is 267 Å². The van der Waals surface area contributed by atoms with Crippen molar-refractivity contribution in [1.29, 1.82) is 0 Å². The van der Waals surface area contributed by atoms with Gasteiger partial charge in [0, 0.05) is 0 Å². The molecule has 0 heterocycles. The van der Waals surface area contributed by atoms with E-state index in [0.29, 0.717) is 6.42 Å². The molecule has 3 unspecified atom stereocenters. The van der Waals surface area contributed by atoms with Crippen LogP contribution in [0.2, 0.25) is 0 Å². The van der Waals surface area contributed by atoms with Crippen LogP contribution in [0, 0.1) is 0 Å². The van der Waals surface area contributed by atoms with Crippen LogP contribution in [-0.4, -0.2) is 46.1 Å². The standard InChI is InChI=1S/C38H73NO4/c1-3-5-7-9-11-13-14-15-16-17-18-19-20-21-22-23-25-26-28-30-32-36(41)35(34-40)39-38(43)37(42)33-31-29-27-24-12-10-8-6-4-2/h23,25,30,32,35-37,40-42H,3-22,24,26-29,31,33-34H2,1-2H3,(H,39,43)/b25-23+,32-30+. The maximum Gasteiger partial charge on any atom is 0.249 e. The number of hydrogen-bond acceptors (Lipinski definition) is 4. The molecule has 0 rings (SSSR count). The van der Waals surface area contributed by atoms with Crippen molar-refractivity contribution >= 4 is 5.91 Å². The Morgan fingerprint density at radius 2 is 0.953 bits per heavy atom. The van der Waals surface area contributed by atoms with Crippen LogP contribution in [0.1, 0.15) is 187 Å². The number of aliphatic hydroxyl groups is 3. The molecule has 4 N–H and O–H groups in total. The van der Waals surface area contributed by atoms with Gasteiger partial charge in [-0.15, -0.1) is 0 Å². The fraction of sp³-hybridized carbons (Fsp3) is 0.868. The number of aliphatic hydroxyl groups excluding tert-OH is 3. The molecule has 1 amide bonds. The number of allylic oxidation sites excluding steroid dienone is 3. The number of carbonyl (C=O) groups is 1. The van der Waals surface area contributed by atoms with E-state index in [9.17, 15) is 20.1 Å². The molecule has 0 fully saturated rings. The Morgan fingerprint density at radius 1 is 0.558 bits per heavy atom. The van der Waals surface area contributed by atoms with Gasteiger partial charge in [0.15, 0.2) is 0 Å². The summed E-state index contributed by atoms with van der Waals surface area (Å²) in [6.45, 7) is 4.13. The van der Waals surface area contributed by atoms with Crippen molar-refractivity contribution in [2.75, 3.05) is 6.61 Å². The van der Waals surface area contributed by atoms with Gasteiger partial charge >= 0.3 is 0 Å². The van der Waals surface area contributed by atoms with Crippen LogP contribution in [0.3, 0.4) is 0 Å². The van der Waals surface area contributed by atoms with Gasteiger partial charge < -0.3 is 20.6 Å². The Kier molecular flexibility index (Phi) is 32.8. The van der Waals surface area contributed by atoms with Gasteiger partial charge in [0.2, 0.25) is 5.91 Å². The zero-order chi connectivity index (χ0) is 31.6. The molecule has 254 valence electrons. The second kappa shape index (κ2) is 33.7. The molecule has 0 aliphatic heterocycles. The fourth-order valence-corrected chi connectivity index (χ4v) is 5.55. The average Bonchev–Trinajstić information content (AvgIpc) is 3.01. The molecule has 0 spiro atoms. The molecular formula is C38H73NO4. The van der Waals surface area contributed by atoms with E-state index in [1.54, 1.807) is 6.08 Å². The van der Waals surface area contributed by atoms with Crippen LogP contribution in [0.5, 0.6) is 0 Å². The molecule has 0 saturated carbocycles. The lowest BCUT2D eigenvalue weighted by molar-refractivity contribution is -0.131. The zero-order valence-corrected chi connectivity index (χ0v) is 28.6. The predicted octanol–water partition coefficient (Wildman–Crippen LogP) is 9.87. The van der Waals surface area contributed by atoms with Gasteiger partial charge in [0.1, 0.15) is 6.10 Å². The lowest BCUT2D eigenvalue weighted by atomic mass is 10.0. The summed E-state index contributed by atoms with van der Waals surface area (Å²) < 4.78 is 0. The molecule has 5 nitrogen and oxygen atoms in total. The summed E-state index contributed by atoms with van der Waals surface area (Å²) in [4.78, 5) is 12.3. The van der Waals surface area contributed by atoms with Gasteiger partial charge in [-0.2, -0.15) is 0 Å². The Bertz CT molecular complexity index is 635. The fourth-order valence-electron chi connectivity index (χ4n) is 5.55. The topological polar surface area (TPSA) is 89.8 Å². The number of amides is 1. The first kappa shape index (κ1) is 41.8. The van der Waals surface area contributed by atoms with E-state index < -0.39 is 24.2 Å². The van der Waals surface area contributed by atoms with Crippen LogP contribution in [0.25, 0.3) is 0 Å². The minimum absolute atomic E-state index is 0.374. The molecule has 0 aliphatic carbocycles. The van der Waals surface area contributed by atoms with Crippen LogP contribution in [0.15, 0.2) is 24.3 Å². The van der Waals surface area contributed by atoms with Crippen LogP contribution in [-0.2, 0) is 4.79 Å². The third-order valence-electron chi connectivity index (χ3n) is 8.54. The van der Waals surface area contributed by atoms with Crippen molar-refractivity contribution in [1.82, 2.24) is 5.32 Å². The Morgan fingerprint density at radius 3 is 1.42 bits per heavy atom. The third kappa shape index (κ3) is 29.3. The van der Waals surface area contributed by atoms with Crippen molar-refractivity contribution in [2.45, 2.75) is 205 Å². The highest BCUT2D eigenvalue weighted by atomic mass is 16.3. The molecule has 43 heavy (non-hydrogen) atoms. The average molecular weight is 608 g/mol. The highest BCUT2D eigenvalue weighted by Crippen LogP contribution is 2.14. The summed E-state index contributed by atoms with van der Waals surface area (Å²) in [6.07, 6.45) is 39.2. The predicted molar refractivity (Wildman–Crippen MR) is 185 cm³/mol. The second-order valence-corrected chi connectivity index (χ2v) is 12.8. The summed E-state index contributed by atoms with van der Waals surface area (Å²) in [5, 5.41) is 32.8. The largest absolute Gasteiger partial charge is 0.394 e. The first-order chi connectivity index (χ1) is 21.1. The van der Waals surface area contributed by atoms with Gasteiger partial charge in [0.25, 0.3) is 0 Å². The van der Waals surface area contributed by atoms with Gasteiger partial charge in [-0.25, -0.2) is 0 Å². The number of unbranched alkanes of at least 4 members (excludes halogenated alkanes) is 23. The van der Waals surface area contributed by atoms with Gasteiger partial charge in [0.05, 0.1) is 18.8 Å². The van der Waals surface area contributed by atoms with Crippen molar-refractivity contribution in [3.05, 3.63) is 24.3 Å². The summed E-state index contributed by atoms with van der Waals surface area (Å²) in [5.41, 5.74) is 0. The second-order valence-electron chi connectivity index (χ2n) is 12.8. The molecule has 5 heteroatoms. The van der Waals surface area contributed by atoms with E-state index >= 15 is 0 Å². The summed E-state index contributed by atoms with van der Waals surface area (Å²) in [7, 11) is 0. The third-order valence-corrected chi connectivity index (χ3v) is 8.54. The molecular weight excluding hydrogens is 534 g/mol. The Balaban J connectivity index is 3.74. The Hall–Kier alpha value is -1.17. The molecule has 0 bridgehead atoms. The first-order valence-corrected chi connectivity index (χ1v) is 18.7. The molecule has 0 aromatic carbocycles. The zero-order valence-electron chi connectivity index (χ0n) is 28.6. The van der Waals surface area contributed by atoms with Crippen LogP contribution >= 0.6 is 0 Å². The lowest BCUT2D eigenvalue weighted by Crippen LogP contribution is -2.48. The molecule has 0 radical (unpaired) electrons. The smallest absolute Gasteiger partial charge is 0.249 e. The molecule has 3 atom stereocenters. The summed E-state index contributed by atoms with van der Waals surface area (Å²) in [6, 6.07) is -0.808. The number of hydrogen-bond donors (Lipinski definition) is 4. The lowest BCUT2D eigenvalue weighted by Gasteiger charge is -2.21. The van der Waals surface area contributed by atoms with E-state index in [4.69, 9.17) is 0 Å². The monoisotopic (exact) mass is 608 g/mol. The van der Waals surface area contributed by atoms with Crippen molar-refractivity contribution in [3.8, 4) is 0 Å². The molecule has 0 aromatic heterocycles. The van der Waals surface area contributed by atoms with E-state index in [1.807, 2.05) is 6.08 Å². The summed E-state index contributed by atoms with van der Waals surface area (Å²) in [5.74, 6) is -0.516. The summed E-state index contributed by atoms with van der Waals surface area (Å²) >= 11 is 0. The highest BCUT2D eigenvalue weighted by molar-refractivity contribution is 5.80. The van der Waals surface area contributed by atoms with Gasteiger partial charge in [-0.3, -0.25) is 4.79 Å². The normalized spacial score (nSPS) is 14.1. The van der Waals surface area contributed by atoms with Crippen molar-refractivity contribution < 1.29 is 20.1 Å². The van der Waals surface area contributed by atoms with Gasteiger partial charge in [-0.1, -0.05) is 179 Å². The minimum Gasteiger partial charge on any atom is -0.394 e. The van der Waals surface area contributed by atoms with E-state index in [2.05, 4.69) is 31.3 Å². The quantitative estimate of drug-likeness (QED) is 0.0441. The molecule has 0 aliphatic rings. The van der Waals surface area contributed by atoms with Crippen molar-refractivity contribution in [2.24, 2.45) is 0 Å². The first-order valence-electron chi connectivity index (χ1n) is 18.7. The number of nitrogens with one attached hydrogen (secondary N) is 1. The highest BCUT2D eigenvalue weighted by Gasteiger charge is 2.22. The van der Waals surface area contributed by atoms with E-state index in [1.165, 1.54) is 128 Å². The van der Waals surface area contributed by atoms with E-state index in [0.717, 1.165) is 38.5 Å². The SMILES string of the molecule is CCCCCCCCCCCCCCCC/C=C/CC/C=C/C(O)C(CO)NC(=O)C(O)CCCCCCCCCCC.